The quantitative estimate of drug-likeness (QED) is 0.822. The summed E-state index contributed by atoms with van der Waals surface area (Å²) in [6.07, 6.45) is 0.303. The van der Waals surface area contributed by atoms with E-state index in [4.69, 9.17) is 0 Å². The van der Waals surface area contributed by atoms with E-state index >= 15 is 0 Å². The van der Waals surface area contributed by atoms with Crippen LogP contribution in [0.5, 0.6) is 0 Å². The van der Waals surface area contributed by atoms with Gasteiger partial charge in [-0.3, -0.25) is 0 Å². The first kappa shape index (κ1) is 13.9. The lowest BCUT2D eigenvalue weighted by molar-refractivity contribution is 0.184. The van der Waals surface area contributed by atoms with Crippen molar-refractivity contribution < 1.29 is 9.50 Å². The van der Waals surface area contributed by atoms with Crippen LogP contribution in [0.4, 0.5) is 4.39 Å². The van der Waals surface area contributed by atoms with Crippen LogP contribution in [0.3, 0.4) is 0 Å². The van der Waals surface area contributed by atoms with E-state index < -0.39 is 11.9 Å². The van der Waals surface area contributed by atoms with Crippen molar-refractivity contribution in [3.63, 3.8) is 0 Å². The summed E-state index contributed by atoms with van der Waals surface area (Å²) >= 11 is 0. The van der Waals surface area contributed by atoms with E-state index in [0.29, 0.717) is 12.1 Å². The largest absolute Gasteiger partial charge is 0.381 e. The summed E-state index contributed by atoms with van der Waals surface area (Å²) in [4.78, 5) is 2.08. The van der Waals surface area contributed by atoms with Gasteiger partial charge in [0.1, 0.15) is 11.9 Å². The minimum absolute atomic E-state index is 0.483. The summed E-state index contributed by atoms with van der Waals surface area (Å²) in [6, 6.07) is 8.85. The van der Waals surface area contributed by atoms with Gasteiger partial charge in [0.25, 0.3) is 0 Å². The molecule has 0 fully saturated rings. The smallest absolute Gasteiger partial charge is 0.130 e. The van der Waals surface area contributed by atoms with Crippen LogP contribution in [0.25, 0.3) is 0 Å². The van der Waals surface area contributed by atoms with Crippen molar-refractivity contribution in [1.82, 2.24) is 4.90 Å². The molecule has 0 aliphatic heterocycles. The van der Waals surface area contributed by atoms with Gasteiger partial charge in [0.2, 0.25) is 0 Å². The van der Waals surface area contributed by atoms with Crippen LogP contribution in [-0.4, -0.2) is 29.6 Å². The molecule has 94 valence electrons. The summed E-state index contributed by atoms with van der Waals surface area (Å²) in [7, 11) is 0. The summed E-state index contributed by atoms with van der Waals surface area (Å²) in [5, 5.41) is 9.79. The number of nitrogens with zero attached hydrogens (tertiary/aromatic N) is 1. The van der Waals surface area contributed by atoms with Gasteiger partial charge in [-0.05, 0) is 24.7 Å². The van der Waals surface area contributed by atoms with Crippen LogP contribution < -0.4 is 0 Å². The van der Waals surface area contributed by atoms with Crippen LogP contribution in [0.2, 0.25) is 0 Å². The third-order valence-electron chi connectivity index (χ3n) is 2.82. The van der Waals surface area contributed by atoms with Gasteiger partial charge < -0.3 is 10.0 Å². The highest BCUT2D eigenvalue weighted by Gasteiger charge is 2.12. The van der Waals surface area contributed by atoms with Crippen LogP contribution in [0.15, 0.2) is 42.2 Å². The monoisotopic (exact) mass is 237 g/mol. The molecule has 0 aliphatic rings. The number of aliphatic hydroxyl groups is 1. The molecule has 0 saturated carbocycles. The predicted octanol–water partition coefficient (Wildman–Crippen LogP) is 2.92. The Morgan fingerprint density at radius 2 is 1.88 bits per heavy atom. The molecule has 0 saturated heterocycles. The summed E-state index contributed by atoms with van der Waals surface area (Å²) in [5.74, 6) is -0.483. The minimum atomic E-state index is -1.15. The van der Waals surface area contributed by atoms with Crippen molar-refractivity contribution in [2.45, 2.75) is 20.0 Å². The van der Waals surface area contributed by atoms with E-state index in [1.165, 1.54) is 6.08 Å². The van der Waals surface area contributed by atoms with E-state index in [-0.39, 0.29) is 0 Å². The predicted molar refractivity (Wildman–Crippen MR) is 68.4 cm³/mol. The number of rotatable bonds is 6. The van der Waals surface area contributed by atoms with Gasteiger partial charge in [0, 0.05) is 6.54 Å². The Labute approximate surface area is 102 Å². The van der Waals surface area contributed by atoms with Crippen LogP contribution in [0.1, 0.15) is 25.5 Å². The Hall–Kier alpha value is -1.19. The van der Waals surface area contributed by atoms with Gasteiger partial charge in [-0.2, -0.15) is 0 Å². The van der Waals surface area contributed by atoms with Gasteiger partial charge in [-0.1, -0.05) is 44.2 Å². The van der Waals surface area contributed by atoms with Crippen molar-refractivity contribution in [2.24, 2.45) is 0 Å². The third-order valence-corrected chi connectivity index (χ3v) is 2.82. The lowest BCUT2D eigenvalue weighted by Gasteiger charge is -2.16. The number of benzene rings is 1. The maximum atomic E-state index is 13.7. The van der Waals surface area contributed by atoms with Crippen molar-refractivity contribution in [1.29, 1.82) is 0 Å². The van der Waals surface area contributed by atoms with Crippen molar-refractivity contribution in [2.75, 3.05) is 19.6 Å². The second-order valence-electron chi connectivity index (χ2n) is 3.89. The van der Waals surface area contributed by atoms with Crippen LogP contribution in [-0.2, 0) is 0 Å². The standard InChI is InChI=1S/C14H20FNO/c1-3-16(4-2)11-10-13(15)14(17)12-8-6-5-7-9-12/h5-10,14,17H,3-4,11H2,1-2H3/b13-10-. The Bertz CT molecular complexity index is 346. The second kappa shape index (κ2) is 7.20. The van der Waals surface area contributed by atoms with Gasteiger partial charge in [-0.25, -0.2) is 4.39 Å². The number of halogens is 1. The summed E-state index contributed by atoms with van der Waals surface area (Å²) in [5.41, 5.74) is 0.584. The molecule has 0 radical (unpaired) electrons. The fraction of sp³-hybridized carbons (Fsp3) is 0.429. The highest BCUT2D eigenvalue weighted by atomic mass is 19.1. The number of likely N-dealkylation sites (N-methyl/N-ethyl adjacent to an activating group) is 1. The fourth-order valence-electron chi connectivity index (χ4n) is 1.60. The molecule has 0 spiro atoms. The Morgan fingerprint density at radius 1 is 1.29 bits per heavy atom. The molecule has 0 aromatic heterocycles. The molecule has 0 amide bonds. The molecule has 3 heteroatoms. The molecule has 1 aromatic rings. The minimum Gasteiger partial charge on any atom is -0.381 e. The summed E-state index contributed by atoms with van der Waals surface area (Å²) < 4.78 is 13.7. The van der Waals surface area contributed by atoms with E-state index in [2.05, 4.69) is 4.90 Å². The lowest BCUT2D eigenvalue weighted by atomic mass is 10.1. The molecule has 17 heavy (non-hydrogen) atoms. The molecule has 1 aromatic carbocycles. The number of hydrogen-bond donors (Lipinski definition) is 1. The molecule has 1 unspecified atom stereocenters. The fourth-order valence-corrected chi connectivity index (χ4v) is 1.60. The zero-order valence-electron chi connectivity index (χ0n) is 10.4. The first-order chi connectivity index (χ1) is 8.19. The Kier molecular flexibility index (Phi) is 5.87. The Morgan fingerprint density at radius 3 is 2.41 bits per heavy atom. The maximum absolute atomic E-state index is 13.7. The van der Waals surface area contributed by atoms with E-state index in [1.807, 2.05) is 19.9 Å². The molecule has 1 rings (SSSR count). The zero-order valence-corrected chi connectivity index (χ0v) is 10.4. The van der Waals surface area contributed by atoms with E-state index in [0.717, 1.165) is 13.1 Å². The first-order valence-corrected chi connectivity index (χ1v) is 6.00. The molecule has 0 heterocycles. The van der Waals surface area contributed by atoms with Crippen LogP contribution in [0, 0.1) is 0 Å². The number of aliphatic hydroxyl groups excluding tert-OH is 1. The molecule has 2 nitrogen and oxygen atoms in total. The maximum Gasteiger partial charge on any atom is 0.130 e. The third kappa shape index (κ3) is 4.29. The average Bonchev–Trinajstić information content (AvgIpc) is 2.39. The average molecular weight is 237 g/mol. The summed E-state index contributed by atoms with van der Waals surface area (Å²) in [6.45, 7) is 6.35. The SMILES string of the molecule is CCN(CC)C/C=C(\F)C(O)c1ccccc1. The van der Waals surface area contributed by atoms with Gasteiger partial charge in [0.05, 0.1) is 0 Å². The molecule has 0 bridgehead atoms. The van der Waals surface area contributed by atoms with Crippen molar-refractivity contribution in [3.8, 4) is 0 Å². The number of hydrogen-bond acceptors (Lipinski definition) is 2. The van der Waals surface area contributed by atoms with Crippen molar-refractivity contribution >= 4 is 0 Å². The molecular weight excluding hydrogens is 217 g/mol. The second-order valence-corrected chi connectivity index (χ2v) is 3.89. The van der Waals surface area contributed by atoms with E-state index in [9.17, 15) is 9.50 Å². The first-order valence-electron chi connectivity index (χ1n) is 6.00. The van der Waals surface area contributed by atoms with Gasteiger partial charge in [0.15, 0.2) is 0 Å². The lowest BCUT2D eigenvalue weighted by Crippen LogP contribution is -2.23. The van der Waals surface area contributed by atoms with E-state index in [1.54, 1.807) is 24.3 Å². The highest BCUT2D eigenvalue weighted by Crippen LogP contribution is 2.21. The van der Waals surface area contributed by atoms with Crippen molar-refractivity contribution in [3.05, 3.63) is 47.8 Å². The normalized spacial score (nSPS) is 14.1. The molecular formula is C14H20FNO. The highest BCUT2D eigenvalue weighted by molar-refractivity contribution is 5.23. The Balaban J connectivity index is 2.63. The van der Waals surface area contributed by atoms with Crippen LogP contribution >= 0.6 is 0 Å². The van der Waals surface area contributed by atoms with Gasteiger partial charge in [-0.15, -0.1) is 0 Å². The molecule has 0 aliphatic carbocycles. The molecule has 1 N–H and O–H groups in total. The topological polar surface area (TPSA) is 23.5 Å². The van der Waals surface area contributed by atoms with Gasteiger partial charge >= 0.3 is 0 Å². The molecule has 1 atom stereocenters. The zero-order chi connectivity index (χ0) is 12.7.